The van der Waals surface area contributed by atoms with Gasteiger partial charge >= 0.3 is 5.51 Å². The van der Waals surface area contributed by atoms with Crippen molar-refractivity contribution in [3.63, 3.8) is 0 Å². The van der Waals surface area contributed by atoms with Crippen LogP contribution in [0.15, 0.2) is 36.4 Å². The number of hydrogen-bond donors (Lipinski definition) is 0. The Labute approximate surface area is 118 Å². The van der Waals surface area contributed by atoms with Crippen molar-refractivity contribution in [3.8, 4) is 0 Å². The predicted molar refractivity (Wildman–Crippen MR) is 79.8 cm³/mol. The minimum absolute atomic E-state index is 1.29. The molecule has 0 heterocycles. The Morgan fingerprint density at radius 3 is 1.95 bits per heavy atom. The smallest absolute Gasteiger partial charge is 0.485 e. The maximum atomic E-state index is 10.7. The van der Waals surface area contributed by atoms with Crippen molar-refractivity contribution >= 4 is 50.0 Å². The second-order valence-corrected chi connectivity index (χ2v) is 6.52. The summed E-state index contributed by atoms with van der Waals surface area (Å²) in [6.07, 6.45) is 0. The third-order valence-corrected chi connectivity index (χ3v) is 3.94. The second kappa shape index (κ2) is 6.35. The molecule has 9 heteroatoms. The van der Waals surface area contributed by atoms with Crippen LogP contribution in [0.1, 0.15) is 0 Å². The Hall–Kier alpha value is -0.740. The molecule has 0 amide bonds. The quantitative estimate of drug-likeness (QED) is 0.415. The summed E-state index contributed by atoms with van der Waals surface area (Å²) in [5.41, 5.74) is -5.65. The maximum Gasteiger partial charge on any atom is 0.485 e. The van der Waals surface area contributed by atoms with Gasteiger partial charge < -0.3 is 4.55 Å². The fraction of sp³-hybridized carbons (Fsp3) is 0.0909. The number of halogens is 3. The summed E-state index contributed by atoms with van der Waals surface area (Å²) >= 11 is 0. The van der Waals surface area contributed by atoms with E-state index >= 15 is 0 Å². The van der Waals surface area contributed by atoms with E-state index in [1.807, 2.05) is 9.24 Å². The molecule has 0 aliphatic rings. The van der Waals surface area contributed by atoms with E-state index in [-0.39, 0.29) is 0 Å². The van der Waals surface area contributed by atoms with Crippen molar-refractivity contribution in [1.82, 2.24) is 0 Å². The number of fused-ring (bicyclic) bond motifs is 1. The molecule has 0 saturated carbocycles. The normalized spacial score (nSPS) is 12.1. The molecule has 0 aromatic heterocycles. The molecule has 0 fully saturated rings. The lowest BCUT2D eigenvalue weighted by atomic mass is 10.1. The highest BCUT2D eigenvalue weighted by Crippen LogP contribution is 2.20. The van der Waals surface area contributed by atoms with Gasteiger partial charge in [-0.3, -0.25) is 0 Å². The van der Waals surface area contributed by atoms with Crippen LogP contribution in [0.25, 0.3) is 10.8 Å². The minimum atomic E-state index is -6.09. The van der Waals surface area contributed by atoms with E-state index in [4.69, 9.17) is 13.0 Å². The highest BCUT2D eigenvalue weighted by Gasteiger charge is 2.36. The molecule has 20 heavy (non-hydrogen) atoms. The lowest BCUT2D eigenvalue weighted by Gasteiger charge is -2.08. The van der Waals surface area contributed by atoms with Crippen LogP contribution in [-0.2, 0) is 10.1 Å². The first-order valence-electron chi connectivity index (χ1n) is 5.15. The SMILES string of the molecule is O=S(=O)([O-])C(F)(F)F.Pc1cccc2cccc([PH3+])c12. The van der Waals surface area contributed by atoms with Crippen molar-refractivity contribution in [3.05, 3.63) is 36.4 Å². The zero-order chi connectivity index (χ0) is 15.6. The highest BCUT2D eigenvalue weighted by molar-refractivity contribution is 7.86. The van der Waals surface area contributed by atoms with Gasteiger partial charge in [-0.25, -0.2) is 8.42 Å². The van der Waals surface area contributed by atoms with Crippen LogP contribution in [0.3, 0.4) is 0 Å². The number of alkyl halides is 3. The van der Waals surface area contributed by atoms with Gasteiger partial charge in [0.15, 0.2) is 10.1 Å². The van der Waals surface area contributed by atoms with Crippen molar-refractivity contribution in [2.45, 2.75) is 5.51 Å². The molecule has 2 rings (SSSR count). The average molecular weight is 342 g/mol. The molecule has 0 bridgehead atoms. The number of hydrogen-bond acceptors (Lipinski definition) is 3. The summed E-state index contributed by atoms with van der Waals surface area (Å²) in [7, 11) is -1.36. The molecule has 110 valence electrons. The molecule has 2 atom stereocenters. The molecular weight excluding hydrogens is 331 g/mol. The molecule has 2 aromatic carbocycles. The van der Waals surface area contributed by atoms with Crippen molar-refractivity contribution in [2.75, 3.05) is 0 Å². The molecule has 2 aromatic rings. The van der Waals surface area contributed by atoms with E-state index in [1.54, 1.807) is 0 Å². The van der Waals surface area contributed by atoms with Gasteiger partial charge in [-0.05, 0) is 16.8 Å². The van der Waals surface area contributed by atoms with E-state index in [0.717, 1.165) is 0 Å². The van der Waals surface area contributed by atoms with E-state index in [2.05, 4.69) is 45.6 Å². The fourth-order valence-corrected chi connectivity index (χ4v) is 2.66. The number of benzene rings is 2. The third kappa shape index (κ3) is 4.38. The Bertz CT molecular complexity index is 678. The monoisotopic (exact) mass is 342 g/mol. The topological polar surface area (TPSA) is 57.2 Å². The van der Waals surface area contributed by atoms with E-state index in [1.165, 1.54) is 21.4 Å². The Morgan fingerprint density at radius 2 is 1.55 bits per heavy atom. The Kier molecular flexibility index (Phi) is 5.50. The first kappa shape index (κ1) is 17.3. The summed E-state index contributed by atoms with van der Waals surface area (Å²) in [6, 6.07) is 12.8. The summed E-state index contributed by atoms with van der Waals surface area (Å²) in [4.78, 5) is 0. The van der Waals surface area contributed by atoms with Gasteiger partial charge in [0.2, 0.25) is 0 Å². The summed E-state index contributed by atoms with van der Waals surface area (Å²) in [5.74, 6) is 0. The molecule has 0 spiro atoms. The molecule has 0 N–H and O–H groups in total. The van der Waals surface area contributed by atoms with Gasteiger partial charge in [0.05, 0.1) is 5.30 Å². The molecule has 3 nitrogen and oxygen atoms in total. The summed E-state index contributed by atoms with van der Waals surface area (Å²) < 4.78 is 58.9. The lowest BCUT2D eigenvalue weighted by Crippen LogP contribution is -2.21. The Balaban J connectivity index is 0.000000221. The predicted octanol–water partition coefficient (Wildman–Crippen LogP) is 1.62. The zero-order valence-corrected chi connectivity index (χ0v) is 13.4. The highest BCUT2D eigenvalue weighted by atomic mass is 32.2. The van der Waals surface area contributed by atoms with Crippen LogP contribution in [0.5, 0.6) is 0 Å². The second-order valence-electron chi connectivity index (χ2n) is 3.76. The van der Waals surface area contributed by atoms with Crippen LogP contribution in [0.4, 0.5) is 13.2 Å². The van der Waals surface area contributed by atoms with Gasteiger partial charge in [0, 0.05) is 14.6 Å². The lowest BCUT2D eigenvalue weighted by molar-refractivity contribution is -0.0517. The van der Waals surface area contributed by atoms with Crippen LogP contribution >= 0.6 is 18.5 Å². The molecule has 0 radical (unpaired) electrons. The average Bonchev–Trinajstić information content (AvgIpc) is 2.27. The van der Waals surface area contributed by atoms with E-state index < -0.39 is 15.6 Å². The van der Waals surface area contributed by atoms with Gasteiger partial charge in [-0.2, -0.15) is 13.2 Å². The summed E-state index contributed by atoms with van der Waals surface area (Å²) in [5, 5.41) is 5.37. The van der Waals surface area contributed by atoms with Crippen molar-refractivity contribution in [1.29, 1.82) is 0 Å². The fourth-order valence-electron chi connectivity index (χ4n) is 1.45. The summed E-state index contributed by atoms with van der Waals surface area (Å²) in [6.45, 7) is 0. The van der Waals surface area contributed by atoms with Crippen LogP contribution in [0, 0.1) is 0 Å². The van der Waals surface area contributed by atoms with Crippen molar-refractivity contribution < 1.29 is 26.1 Å². The van der Waals surface area contributed by atoms with E-state index in [9.17, 15) is 13.2 Å². The molecular formula is C11H11F3O3P2S. The van der Waals surface area contributed by atoms with Crippen LogP contribution in [0.2, 0.25) is 0 Å². The van der Waals surface area contributed by atoms with Crippen LogP contribution in [-0.4, -0.2) is 18.5 Å². The van der Waals surface area contributed by atoms with Gasteiger partial charge in [0.25, 0.3) is 0 Å². The Morgan fingerprint density at radius 1 is 1.10 bits per heavy atom. The van der Waals surface area contributed by atoms with Gasteiger partial charge in [-0.1, -0.05) is 30.3 Å². The maximum absolute atomic E-state index is 10.7. The van der Waals surface area contributed by atoms with Gasteiger partial charge in [0.1, 0.15) is 0 Å². The zero-order valence-electron chi connectivity index (χ0n) is 10.0. The largest absolute Gasteiger partial charge is 0.741 e. The molecule has 0 aliphatic carbocycles. The first-order chi connectivity index (χ1) is 9.04. The third-order valence-electron chi connectivity index (χ3n) is 2.31. The first-order valence-corrected chi connectivity index (χ1v) is 7.84. The number of rotatable bonds is 0. The molecule has 0 saturated heterocycles. The van der Waals surface area contributed by atoms with Gasteiger partial charge in [-0.15, -0.1) is 9.24 Å². The molecule has 0 aliphatic heterocycles. The van der Waals surface area contributed by atoms with Crippen molar-refractivity contribution in [2.24, 2.45) is 0 Å². The van der Waals surface area contributed by atoms with Crippen LogP contribution < -0.4 is 10.6 Å². The van der Waals surface area contributed by atoms with E-state index in [0.29, 0.717) is 0 Å². The standard InChI is InChI=1S/C10H10P2.CHF3O3S/c11-8-5-1-3-7-4-2-6-9(12)10(7)8;2-1(3,4)8(5,6)7/h1-6H,11-12H2;(H,5,6,7). The minimum Gasteiger partial charge on any atom is -0.741 e. The molecule has 2 unspecified atom stereocenters.